The van der Waals surface area contributed by atoms with Crippen molar-refractivity contribution in [2.45, 2.75) is 6.10 Å². The molecule has 112 valence electrons. The fraction of sp³-hybridized carbons (Fsp3) is 0.500. The molecule has 0 aliphatic rings. The molecule has 0 aliphatic heterocycles. The Labute approximate surface area is 119 Å². The van der Waals surface area contributed by atoms with Gasteiger partial charge >= 0.3 is 0 Å². The topological polar surface area (TPSA) is 71.0 Å². The number of methoxy groups -OCH3 is 2. The monoisotopic (exact) mass is 282 g/mol. The molecule has 20 heavy (non-hydrogen) atoms. The molecule has 0 heterocycles. The lowest BCUT2D eigenvalue weighted by Gasteiger charge is -2.19. The van der Waals surface area contributed by atoms with Crippen LogP contribution in [-0.4, -0.2) is 63.0 Å². The number of hydrogen-bond acceptors (Lipinski definition) is 5. The Balaban J connectivity index is 2.38. The Hall–Kier alpha value is -1.63. The first kappa shape index (κ1) is 16.4. The van der Waals surface area contributed by atoms with Crippen LogP contribution in [0.2, 0.25) is 0 Å². The number of carbonyl (C=O) groups excluding carboxylic acids is 1. The van der Waals surface area contributed by atoms with Crippen LogP contribution in [0.3, 0.4) is 0 Å². The minimum absolute atomic E-state index is 0.137. The van der Waals surface area contributed by atoms with E-state index in [0.29, 0.717) is 12.2 Å². The van der Waals surface area contributed by atoms with Crippen molar-refractivity contribution >= 4 is 11.6 Å². The number of anilines is 1. The van der Waals surface area contributed by atoms with Crippen molar-refractivity contribution in [3.8, 4) is 5.75 Å². The van der Waals surface area contributed by atoms with Gasteiger partial charge in [0.15, 0.2) is 0 Å². The van der Waals surface area contributed by atoms with E-state index in [4.69, 9.17) is 9.47 Å². The van der Waals surface area contributed by atoms with Crippen LogP contribution in [0.1, 0.15) is 0 Å². The van der Waals surface area contributed by atoms with Gasteiger partial charge in [-0.1, -0.05) is 0 Å². The largest absolute Gasteiger partial charge is 0.497 e. The molecule has 0 saturated carbocycles. The van der Waals surface area contributed by atoms with Gasteiger partial charge in [-0.3, -0.25) is 9.69 Å². The van der Waals surface area contributed by atoms with E-state index >= 15 is 0 Å². The van der Waals surface area contributed by atoms with E-state index < -0.39 is 6.10 Å². The Bertz CT molecular complexity index is 408. The third kappa shape index (κ3) is 6.01. The first-order valence-electron chi connectivity index (χ1n) is 6.34. The van der Waals surface area contributed by atoms with E-state index in [1.165, 1.54) is 7.11 Å². The molecular formula is C14H22N2O4. The van der Waals surface area contributed by atoms with Crippen LogP contribution in [0.5, 0.6) is 5.75 Å². The summed E-state index contributed by atoms with van der Waals surface area (Å²) in [4.78, 5) is 13.6. The van der Waals surface area contributed by atoms with Crippen molar-refractivity contribution in [3.63, 3.8) is 0 Å². The molecule has 1 rings (SSSR count). The van der Waals surface area contributed by atoms with Crippen molar-refractivity contribution in [3.05, 3.63) is 24.3 Å². The Morgan fingerprint density at radius 2 is 2.00 bits per heavy atom. The predicted molar refractivity (Wildman–Crippen MR) is 77.0 cm³/mol. The van der Waals surface area contributed by atoms with Gasteiger partial charge in [-0.2, -0.15) is 0 Å². The first-order chi connectivity index (χ1) is 9.55. The highest BCUT2D eigenvalue weighted by Gasteiger charge is 2.11. The number of aliphatic hydroxyl groups excluding tert-OH is 1. The molecule has 1 amide bonds. The number of likely N-dealkylation sites (N-methyl/N-ethyl adjacent to an activating group) is 1. The Morgan fingerprint density at radius 3 is 2.55 bits per heavy atom. The average Bonchev–Trinajstić information content (AvgIpc) is 2.39. The number of ether oxygens (including phenoxy) is 2. The van der Waals surface area contributed by atoms with Crippen LogP contribution in [0.15, 0.2) is 24.3 Å². The van der Waals surface area contributed by atoms with E-state index in [9.17, 15) is 9.90 Å². The van der Waals surface area contributed by atoms with Crippen LogP contribution in [0.25, 0.3) is 0 Å². The van der Waals surface area contributed by atoms with E-state index in [0.717, 1.165) is 5.75 Å². The van der Waals surface area contributed by atoms with E-state index in [-0.39, 0.29) is 19.1 Å². The van der Waals surface area contributed by atoms with Gasteiger partial charge in [0.2, 0.25) is 5.91 Å². The molecule has 0 bridgehead atoms. The maximum atomic E-state index is 11.8. The summed E-state index contributed by atoms with van der Waals surface area (Å²) >= 11 is 0. The molecule has 0 spiro atoms. The summed E-state index contributed by atoms with van der Waals surface area (Å²) in [6, 6.07) is 7.11. The van der Waals surface area contributed by atoms with Crippen LogP contribution < -0.4 is 10.1 Å². The van der Waals surface area contributed by atoms with Gasteiger partial charge in [0.1, 0.15) is 5.75 Å². The highest BCUT2D eigenvalue weighted by molar-refractivity contribution is 5.92. The molecule has 0 aliphatic carbocycles. The third-order valence-electron chi connectivity index (χ3n) is 2.67. The lowest BCUT2D eigenvalue weighted by Crippen LogP contribution is -2.37. The fourth-order valence-corrected chi connectivity index (χ4v) is 1.79. The minimum atomic E-state index is -0.598. The molecule has 6 heteroatoms. The van der Waals surface area contributed by atoms with Crippen molar-refractivity contribution < 1.29 is 19.4 Å². The second-order valence-electron chi connectivity index (χ2n) is 4.58. The maximum absolute atomic E-state index is 11.8. The van der Waals surface area contributed by atoms with Crippen molar-refractivity contribution in [2.24, 2.45) is 0 Å². The number of carbonyl (C=O) groups is 1. The smallest absolute Gasteiger partial charge is 0.238 e. The van der Waals surface area contributed by atoms with Crippen LogP contribution in [0, 0.1) is 0 Å². The lowest BCUT2D eigenvalue weighted by atomic mass is 10.3. The second kappa shape index (κ2) is 8.52. The number of nitrogens with one attached hydrogen (secondary N) is 1. The summed E-state index contributed by atoms with van der Waals surface area (Å²) in [5.41, 5.74) is 0.710. The van der Waals surface area contributed by atoms with Gasteiger partial charge < -0.3 is 19.9 Å². The SMILES string of the molecule is COCC(O)CN(C)CC(=O)Nc1ccc(OC)cc1. The van der Waals surface area contributed by atoms with Gasteiger partial charge in [-0.05, 0) is 31.3 Å². The molecule has 0 saturated heterocycles. The van der Waals surface area contributed by atoms with Gasteiger partial charge in [-0.15, -0.1) is 0 Å². The van der Waals surface area contributed by atoms with E-state index in [2.05, 4.69) is 5.32 Å². The molecule has 0 aromatic heterocycles. The zero-order valence-electron chi connectivity index (χ0n) is 12.1. The molecular weight excluding hydrogens is 260 g/mol. The summed E-state index contributed by atoms with van der Waals surface area (Å²) in [7, 11) is 4.89. The summed E-state index contributed by atoms with van der Waals surface area (Å²) in [5, 5.41) is 12.3. The number of nitrogens with zero attached hydrogens (tertiary/aromatic N) is 1. The number of aliphatic hydroxyl groups is 1. The van der Waals surface area contributed by atoms with E-state index in [1.807, 2.05) is 0 Å². The molecule has 0 radical (unpaired) electrons. The molecule has 1 aromatic carbocycles. The van der Waals surface area contributed by atoms with Crippen molar-refractivity contribution in [1.82, 2.24) is 4.90 Å². The standard InChI is InChI=1S/C14H22N2O4/c1-16(8-12(17)10-19-2)9-14(18)15-11-4-6-13(20-3)7-5-11/h4-7,12,17H,8-10H2,1-3H3,(H,15,18). The minimum Gasteiger partial charge on any atom is -0.497 e. The third-order valence-corrected chi connectivity index (χ3v) is 2.67. The number of hydrogen-bond donors (Lipinski definition) is 2. The second-order valence-corrected chi connectivity index (χ2v) is 4.58. The summed E-state index contributed by atoms with van der Waals surface area (Å²) in [6.07, 6.45) is -0.598. The number of amides is 1. The highest BCUT2D eigenvalue weighted by Crippen LogP contribution is 2.14. The van der Waals surface area contributed by atoms with Gasteiger partial charge in [0.25, 0.3) is 0 Å². The molecule has 1 unspecified atom stereocenters. The van der Waals surface area contributed by atoms with Crippen LogP contribution in [0.4, 0.5) is 5.69 Å². The molecule has 1 aromatic rings. The zero-order chi connectivity index (χ0) is 15.0. The quantitative estimate of drug-likeness (QED) is 0.729. The van der Waals surface area contributed by atoms with Crippen LogP contribution in [-0.2, 0) is 9.53 Å². The maximum Gasteiger partial charge on any atom is 0.238 e. The summed E-state index contributed by atoms with van der Waals surface area (Å²) in [6.45, 7) is 0.834. The number of rotatable bonds is 8. The lowest BCUT2D eigenvalue weighted by molar-refractivity contribution is -0.117. The van der Waals surface area contributed by atoms with Crippen LogP contribution >= 0.6 is 0 Å². The summed E-state index contributed by atoms with van der Waals surface area (Å²) < 4.78 is 9.88. The zero-order valence-corrected chi connectivity index (χ0v) is 12.1. The van der Waals surface area contributed by atoms with Crippen molar-refractivity contribution in [2.75, 3.05) is 46.3 Å². The van der Waals surface area contributed by atoms with Gasteiger partial charge in [-0.25, -0.2) is 0 Å². The highest BCUT2D eigenvalue weighted by atomic mass is 16.5. The molecule has 2 N–H and O–H groups in total. The summed E-state index contributed by atoms with van der Waals surface area (Å²) in [5.74, 6) is 0.602. The molecule has 1 atom stereocenters. The normalized spacial score (nSPS) is 12.2. The molecule has 0 fully saturated rings. The van der Waals surface area contributed by atoms with Gasteiger partial charge in [0.05, 0.1) is 26.4 Å². The molecule has 6 nitrogen and oxygen atoms in total. The fourth-order valence-electron chi connectivity index (χ4n) is 1.79. The van der Waals surface area contributed by atoms with E-state index in [1.54, 1.807) is 43.3 Å². The Morgan fingerprint density at radius 1 is 1.35 bits per heavy atom. The Kier molecular flexibility index (Phi) is 7.00. The number of benzene rings is 1. The van der Waals surface area contributed by atoms with Gasteiger partial charge in [0, 0.05) is 19.3 Å². The predicted octanol–water partition coefficient (Wildman–Crippen LogP) is 0.573. The first-order valence-corrected chi connectivity index (χ1v) is 6.34. The van der Waals surface area contributed by atoms with Crippen molar-refractivity contribution in [1.29, 1.82) is 0 Å². The average molecular weight is 282 g/mol.